The average molecular weight is 380 g/mol. The minimum absolute atomic E-state index is 0.0152. The maximum absolute atomic E-state index is 12.1. The Hall–Kier alpha value is -3.08. The van der Waals surface area contributed by atoms with Crippen molar-refractivity contribution >= 4 is 16.9 Å². The molecule has 5 nitrogen and oxygen atoms in total. The zero-order chi connectivity index (χ0) is 20.3. The average Bonchev–Trinajstić information content (AvgIpc) is 2.64. The van der Waals surface area contributed by atoms with E-state index < -0.39 is 11.6 Å². The largest absolute Gasteiger partial charge is 0.482 e. The van der Waals surface area contributed by atoms with E-state index in [-0.39, 0.29) is 13.2 Å². The fourth-order valence-electron chi connectivity index (χ4n) is 3.19. The first-order valence-electron chi connectivity index (χ1n) is 9.26. The Morgan fingerprint density at radius 1 is 1.07 bits per heavy atom. The van der Waals surface area contributed by atoms with E-state index in [0.717, 1.165) is 22.1 Å². The molecule has 0 amide bonds. The molecule has 0 aliphatic rings. The van der Waals surface area contributed by atoms with Gasteiger partial charge in [-0.15, -0.1) is 0 Å². The Morgan fingerprint density at radius 2 is 1.82 bits per heavy atom. The number of aryl methyl sites for hydroxylation is 2. The minimum atomic E-state index is -0.499. The van der Waals surface area contributed by atoms with Gasteiger partial charge in [0.25, 0.3) is 0 Å². The Bertz CT molecular complexity index is 1060. The van der Waals surface area contributed by atoms with Crippen LogP contribution in [-0.4, -0.2) is 12.6 Å². The van der Waals surface area contributed by atoms with E-state index >= 15 is 0 Å². The summed E-state index contributed by atoms with van der Waals surface area (Å²) in [7, 11) is 0. The van der Waals surface area contributed by atoms with Crippen LogP contribution < -0.4 is 10.4 Å². The maximum Gasteiger partial charge on any atom is 0.344 e. The maximum atomic E-state index is 12.1. The molecule has 3 rings (SSSR count). The summed E-state index contributed by atoms with van der Waals surface area (Å²) in [5.41, 5.74) is 3.82. The van der Waals surface area contributed by atoms with Crippen LogP contribution >= 0.6 is 0 Å². The molecule has 0 spiro atoms. The lowest BCUT2D eigenvalue weighted by atomic mass is 9.95. The topological polar surface area (TPSA) is 65.7 Å². The molecule has 0 bridgehead atoms. The lowest BCUT2D eigenvalue weighted by Crippen LogP contribution is -2.15. The van der Waals surface area contributed by atoms with Gasteiger partial charge in [0.2, 0.25) is 0 Å². The second-order valence-electron chi connectivity index (χ2n) is 7.17. The molecule has 2 aromatic carbocycles. The van der Waals surface area contributed by atoms with E-state index in [9.17, 15) is 9.59 Å². The number of fused-ring (bicyclic) bond motifs is 1. The Kier molecular flexibility index (Phi) is 5.83. The van der Waals surface area contributed by atoms with Gasteiger partial charge in [0, 0.05) is 17.0 Å². The molecule has 1 heterocycles. The van der Waals surface area contributed by atoms with Gasteiger partial charge in [-0.3, -0.25) is 0 Å². The van der Waals surface area contributed by atoms with Crippen molar-refractivity contribution in [1.29, 1.82) is 0 Å². The SMILES string of the molecule is Cc1ccccc1OCC(=O)OCc1cc(=O)oc2cc(C)c(C(C)C)cc12. The van der Waals surface area contributed by atoms with Gasteiger partial charge in [-0.2, -0.15) is 0 Å². The number of carbonyl (C=O) groups excluding carboxylic acids is 1. The van der Waals surface area contributed by atoms with Crippen molar-refractivity contribution in [1.82, 2.24) is 0 Å². The van der Waals surface area contributed by atoms with Crippen LogP contribution in [0.25, 0.3) is 11.0 Å². The number of para-hydroxylation sites is 1. The third kappa shape index (κ3) is 4.42. The van der Waals surface area contributed by atoms with Gasteiger partial charge in [-0.05, 0) is 54.7 Å². The first-order valence-corrected chi connectivity index (χ1v) is 9.26. The van der Waals surface area contributed by atoms with Crippen molar-refractivity contribution in [3.8, 4) is 5.75 Å². The van der Waals surface area contributed by atoms with Gasteiger partial charge < -0.3 is 13.9 Å². The molecule has 5 heteroatoms. The summed E-state index contributed by atoms with van der Waals surface area (Å²) in [5.74, 6) is 0.470. The van der Waals surface area contributed by atoms with Crippen molar-refractivity contribution in [2.45, 2.75) is 40.2 Å². The van der Waals surface area contributed by atoms with Gasteiger partial charge in [0.05, 0.1) is 0 Å². The summed E-state index contributed by atoms with van der Waals surface area (Å²) in [5, 5.41) is 0.779. The number of rotatable bonds is 6. The molecule has 28 heavy (non-hydrogen) atoms. The minimum Gasteiger partial charge on any atom is -0.482 e. The molecule has 0 fully saturated rings. The van der Waals surface area contributed by atoms with Gasteiger partial charge in [0.15, 0.2) is 6.61 Å². The zero-order valence-corrected chi connectivity index (χ0v) is 16.6. The normalized spacial score (nSPS) is 11.0. The molecule has 0 aliphatic carbocycles. The molecule has 0 unspecified atom stereocenters. The van der Waals surface area contributed by atoms with Crippen molar-refractivity contribution in [2.24, 2.45) is 0 Å². The van der Waals surface area contributed by atoms with Crippen LogP contribution in [0.4, 0.5) is 0 Å². The first kappa shape index (κ1) is 19.7. The van der Waals surface area contributed by atoms with Crippen molar-refractivity contribution in [3.05, 3.63) is 75.1 Å². The zero-order valence-electron chi connectivity index (χ0n) is 16.6. The summed E-state index contributed by atoms with van der Waals surface area (Å²) >= 11 is 0. The van der Waals surface area contributed by atoms with E-state index in [4.69, 9.17) is 13.9 Å². The molecule has 1 aromatic heterocycles. The monoisotopic (exact) mass is 380 g/mol. The van der Waals surface area contributed by atoms with Crippen LogP contribution in [0.2, 0.25) is 0 Å². The molecule has 0 saturated heterocycles. The summed E-state index contributed by atoms with van der Waals surface area (Å²) in [6.45, 7) is 7.90. The summed E-state index contributed by atoms with van der Waals surface area (Å²) in [4.78, 5) is 24.0. The van der Waals surface area contributed by atoms with Crippen molar-refractivity contribution in [2.75, 3.05) is 6.61 Å². The highest BCUT2D eigenvalue weighted by Gasteiger charge is 2.13. The van der Waals surface area contributed by atoms with Gasteiger partial charge in [0.1, 0.15) is 17.9 Å². The smallest absolute Gasteiger partial charge is 0.344 e. The van der Waals surface area contributed by atoms with E-state index in [1.165, 1.54) is 6.07 Å². The first-order chi connectivity index (χ1) is 13.3. The van der Waals surface area contributed by atoms with Crippen LogP contribution in [-0.2, 0) is 16.1 Å². The highest BCUT2D eigenvalue weighted by molar-refractivity contribution is 5.82. The number of benzene rings is 2. The van der Waals surface area contributed by atoms with Crippen LogP contribution in [0.1, 0.15) is 42.0 Å². The second kappa shape index (κ2) is 8.30. The van der Waals surface area contributed by atoms with Crippen LogP contribution in [0.5, 0.6) is 5.75 Å². The third-order valence-electron chi connectivity index (χ3n) is 4.67. The quantitative estimate of drug-likeness (QED) is 0.460. The molecule has 3 aromatic rings. The molecule has 0 N–H and O–H groups in total. The Morgan fingerprint density at radius 3 is 2.54 bits per heavy atom. The van der Waals surface area contributed by atoms with Crippen LogP contribution in [0.3, 0.4) is 0 Å². The predicted octanol–water partition coefficient (Wildman–Crippen LogP) is 4.66. The summed E-state index contributed by atoms with van der Waals surface area (Å²) in [6, 6.07) is 12.7. The van der Waals surface area contributed by atoms with E-state index in [2.05, 4.69) is 13.8 Å². The standard InChI is InChI=1S/C23H24O5/c1-14(2)18-11-19-17(10-22(24)28-21(19)9-16(18)4)12-27-23(25)13-26-20-8-6-5-7-15(20)3/h5-11,14H,12-13H2,1-4H3. The highest BCUT2D eigenvalue weighted by atomic mass is 16.6. The fourth-order valence-corrected chi connectivity index (χ4v) is 3.19. The van der Waals surface area contributed by atoms with E-state index in [1.54, 1.807) is 6.07 Å². The van der Waals surface area contributed by atoms with Gasteiger partial charge >= 0.3 is 11.6 Å². The number of ether oxygens (including phenoxy) is 2. The number of hydrogen-bond donors (Lipinski definition) is 0. The number of carbonyl (C=O) groups is 1. The van der Waals surface area contributed by atoms with Gasteiger partial charge in [-0.25, -0.2) is 9.59 Å². The van der Waals surface area contributed by atoms with E-state index in [0.29, 0.717) is 22.8 Å². The molecular weight excluding hydrogens is 356 g/mol. The second-order valence-corrected chi connectivity index (χ2v) is 7.17. The molecule has 0 saturated carbocycles. The number of esters is 1. The van der Waals surface area contributed by atoms with Gasteiger partial charge in [-0.1, -0.05) is 32.0 Å². The molecule has 146 valence electrons. The number of hydrogen-bond acceptors (Lipinski definition) is 5. The Labute approximate surface area is 163 Å². The molecular formula is C23H24O5. The van der Waals surface area contributed by atoms with Crippen LogP contribution in [0, 0.1) is 13.8 Å². The fraction of sp³-hybridized carbons (Fsp3) is 0.304. The molecule has 0 aliphatic heterocycles. The lowest BCUT2D eigenvalue weighted by Gasteiger charge is -2.13. The summed E-state index contributed by atoms with van der Waals surface area (Å²) in [6.07, 6.45) is 0. The van der Waals surface area contributed by atoms with Crippen LogP contribution in [0.15, 0.2) is 51.7 Å². The summed E-state index contributed by atoms with van der Waals surface area (Å²) < 4.78 is 16.2. The van der Waals surface area contributed by atoms with Crippen molar-refractivity contribution in [3.63, 3.8) is 0 Å². The Balaban J connectivity index is 1.76. The molecule has 0 radical (unpaired) electrons. The third-order valence-corrected chi connectivity index (χ3v) is 4.67. The molecule has 0 atom stereocenters. The van der Waals surface area contributed by atoms with Crippen molar-refractivity contribution < 1.29 is 18.7 Å². The highest BCUT2D eigenvalue weighted by Crippen LogP contribution is 2.27. The van der Waals surface area contributed by atoms with E-state index in [1.807, 2.05) is 44.2 Å². The lowest BCUT2D eigenvalue weighted by molar-refractivity contribution is -0.147. The predicted molar refractivity (Wildman–Crippen MR) is 108 cm³/mol.